The van der Waals surface area contributed by atoms with E-state index in [-0.39, 0.29) is 6.23 Å². The Hall–Kier alpha value is -2.75. The van der Waals surface area contributed by atoms with E-state index >= 15 is 0 Å². The van der Waals surface area contributed by atoms with Crippen LogP contribution in [0.4, 0.5) is 0 Å². The minimum Gasteiger partial charge on any atom is -0.497 e. The lowest BCUT2D eigenvalue weighted by Crippen LogP contribution is -2.22. The minimum absolute atomic E-state index is 0.290. The molecule has 1 aliphatic rings. The Morgan fingerprint density at radius 3 is 2.91 bits per heavy atom. The van der Waals surface area contributed by atoms with E-state index in [9.17, 15) is 4.79 Å². The maximum absolute atomic E-state index is 10.6. The van der Waals surface area contributed by atoms with Crippen LogP contribution in [0.3, 0.4) is 0 Å². The Balaban J connectivity index is 2.08. The molecule has 0 radical (unpaired) electrons. The predicted molar refractivity (Wildman–Crippen MR) is 87.1 cm³/mol. The summed E-state index contributed by atoms with van der Waals surface area (Å²) in [7, 11) is 1.63. The van der Waals surface area contributed by atoms with Crippen LogP contribution < -0.4 is 10.1 Å². The summed E-state index contributed by atoms with van der Waals surface area (Å²) in [5, 5.41) is 3.17. The van der Waals surface area contributed by atoms with E-state index in [1.54, 1.807) is 13.2 Å². The van der Waals surface area contributed by atoms with Crippen molar-refractivity contribution in [3.8, 4) is 5.75 Å². The van der Waals surface area contributed by atoms with E-state index in [2.05, 4.69) is 11.9 Å². The van der Waals surface area contributed by atoms with Gasteiger partial charge in [0.05, 0.1) is 7.11 Å². The zero-order valence-corrected chi connectivity index (χ0v) is 12.7. The summed E-state index contributed by atoms with van der Waals surface area (Å²) in [6.45, 7) is 5.53. The van der Waals surface area contributed by atoms with Crippen molar-refractivity contribution in [3.05, 3.63) is 72.0 Å². The first-order chi connectivity index (χ1) is 10.7. The van der Waals surface area contributed by atoms with Gasteiger partial charge in [-0.15, -0.1) is 0 Å². The summed E-state index contributed by atoms with van der Waals surface area (Å²) in [4.78, 5) is 10.6. The van der Waals surface area contributed by atoms with Gasteiger partial charge in [-0.25, -0.2) is 0 Å². The summed E-state index contributed by atoms with van der Waals surface area (Å²) in [6.07, 6.45) is 7.65. The van der Waals surface area contributed by atoms with Crippen LogP contribution in [0, 0.1) is 0 Å². The van der Waals surface area contributed by atoms with Crippen molar-refractivity contribution in [1.82, 2.24) is 5.32 Å². The van der Waals surface area contributed by atoms with Crippen LogP contribution in [0.2, 0.25) is 0 Å². The van der Waals surface area contributed by atoms with Gasteiger partial charge in [-0.2, -0.15) is 0 Å². The number of methoxy groups -OCH3 is 1. The minimum atomic E-state index is -0.290. The van der Waals surface area contributed by atoms with Gasteiger partial charge < -0.3 is 14.8 Å². The molecule has 1 aromatic carbocycles. The lowest BCUT2D eigenvalue weighted by atomic mass is 10.1. The van der Waals surface area contributed by atoms with Gasteiger partial charge >= 0.3 is 0 Å². The number of nitrogens with one attached hydrogen (secondary N) is 1. The van der Waals surface area contributed by atoms with Crippen molar-refractivity contribution in [2.75, 3.05) is 7.11 Å². The first kappa shape index (κ1) is 15.6. The third-order valence-electron chi connectivity index (χ3n) is 3.24. The molecule has 0 bridgehead atoms. The lowest BCUT2D eigenvalue weighted by Gasteiger charge is -2.14. The normalized spacial score (nSPS) is 17.6. The maximum atomic E-state index is 10.6. The molecule has 1 unspecified atom stereocenters. The number of carbonyl (C=O) groups is 1. The largest absolute Gasteiger partial charge is 0.497 e. The second kappa shape index (κ2) is 7.31. The van der Waals surface area contributed by atoms with Crippen molar-refractivity contribution in [2.24, 2.45) is 0 Å². The zero-order chi connectivity index (χ0) is 15.9. The number of hydrogen-bond donors (Lipinski definition) is 1. The Labute approximate surface area is 130 Å². The number of ether oxygens (including phenoxy) is 2. The summed E-state index contributed by atoms with van der Waals surface area (Å²) < 4.78 is 11.1. The van der Waals surface area contributed by atoms with Crippen LogP contribution in [0.15, 0.2) is 66.4 Å². The van der Waals surface area contributed by atoms with Crippen molar-refractivity contribution >= 4 is 12.0 Å². The average molecular weight is 297 g/mol. The van der Waals surface area contributed by atoms with E-state index < -0.39 is 0 Å². The van der Waals surface area contributed by atoms with Crippen LogP contribution in [-0.4, -0.2) is 19.6 Å². The molecule has 1 N–H and O–H groups in total. The molecule has 1 aromatic rings. The molecule has 1 aliphatic heterocycles. The monoisotopic (exact) mass is 297 g/mol. The van der Waals surface area contributed by atoms with Gasteiger partial charge in [0.2, 0.25) is 0 Å². The van der Waals surface area contributed by atoms with Crippen molar-refractivity contribution in [2.45, 2.75) is 13.2 Å². The SMILES string of the molecule is C=C(C=O)/C=C\C(=C/C)C1NC=C(c2cccc(OC)c2)O1. The second-order valence-corrected chi connectivity index (χ2v) is 4.72. The highest BCUT2D eigenvalue weighted by Gasteiger charge is 2.20. The van der Waals surface area contributed by atoms with Gasteiger partial charge in [0.25, 0.3) is 0 Å². The van der Waals surface area contributed by atoms with Crippen molar-refractivity contribution in [3.63, 3.8) is 0 Å². The summed E-state index contributed by atoms with van der Waals surface area (Å²) in [6, 6.07) is 7.67. The van der Waals surface area contributed by atoms with Crippen LogP contribution >= 0.6 is 0 Å². The molecule has 0 saturated carbocycles. The molecule has 1 heterocycles. The molecule has 0 fully saturated rings. The highest BCUT2D eigenvalue weighted by Crippen LogP contribution is 2.26. The van der Waals surface area contributed by atoms with Gasteiger partial charge in [-0.05, 0) is 19.1 Å². The number of allylic oxidation sites excluding steroid dienone is 3. The summed E-state index contributed by atoms with van der Waals surface area (Å²) in [5.74, 6) is 1.52. The molecule has 0 aromatic heterocycles. The van der Waals surface area contributed by atoms with E-state index in [0.717, 1.165) is 22.6 Å². The molecule has 114 valence electrons. The second-order valence-electron chi connectivity index (χ2n) is 4.72. The fraction of sp³-hybridized carbons (Fsp3) is 0.167. The molecule has 0 amide bonds. The first-order valence-corrected chi connectivity index (χ1v) is 6.93. The van der Waals surface area contributed by atoms with Crippen LogP contribution in [0.1, 0.15) is 12.5 Å². The molecule has 0 spiro atoms. The van der Waals surface area contributed by atoms with Gasteiger partial charge in [0.15, 0.2) is 6.23 Å². The number of rotatable bonds is 6. The number of benzene rings is 1. The number of aldehydes is 1. The van der Waals surface area contributed by atoms with E-state index in [4.69, 9.17) is 9.47 Å². The third-order valence-corrected chi connectivity index (χ3v) is 3.24. The van der Waals surface area contributed by atoms with Gasteiger partial charge in [-0.3, -0.25) is 4.79 Å². The lowest BCUT2D eigenvalue weighted by molar-refractivity contribution is -0.104. The van der Waals surface area contributed by atoms with Crippen LogP contribution in [0.5, 0.6) is 5.75 Å². The Morgan fingerprint density at radius 2 is 2.23 bits per heavy atom. The van der Waals surface area contributed by atoms with E-state index in [1.807, 2.05) is 49.5 Å². The highest BCUT2D eigenvalue weighted by atomic mass is 16.5. The third kappa shape index (κ3) is 3.67. The Kier molecular flexibility index (Phi) is 5.20. The quantitative estimate of drug-likeness (QED) is 0.497. The highest BCUT2D eigenvalue weighted by molar-refractivity contribution is 5.76. The molecule has 22 heavy (non-hydrogen) atoms. The number of hydrogen-bond acceptors (Lipinski definition) is 4. The fourth-order valence-electron chi connectivity index (χ4n) is 2.02. The molecule has 4 nitrogen and oxygen atoms in total. The van der Waals surface area contributed by atoms with Crippen molar-refractivity contribution in [1.29, 1.82) is 0 Å². The molecule has 0 saturated heterocycles. The zero-order valence-electron chi connectivity index (χ0n) is 12.7. The van der Waals surface area contributed by atoms with E-state index in [1.165, 1.54) is 0 Å². The van der Waals surface area contributed by atoms with Crippen molar-refractivity contribution < 1.29 is 14.3 Å². The Morgan fingerprint density at radius 1 is 1.41 bits per heavy atom. The van der Waals surface area contributed by atoms with Crippen LogP contribution in [0.25, 0.3) is 5.76 Å². The van der Waals surface area contributed by atoms with E-state index in [0.29, 0.717) is 11.9 Å². The summed E-state index contributed by atoms with van der Waals surface area (Å²) in [5.41, 5.74) is 2.27. The molecular weight excluding hydrogens is 278 g/mol. The average Bonchev–Trinajstić information content (AvgIpc) is 3.05. The maximum Gasteiger partial charge on any atom is 0.195 e. The number of carbonyl (C=O) groups excluding carboxylic acids is 1. The molecule has 2 rings (SSSR count). The van der Waals surface area contributed by atoms with Gasteiger partial charge in [0, 0.05) is 22.9 Å². The van der Waals surface area contributed by atoms with Crippen LogP contribution in [-0.2, 0) is 9.53 Å². The topological polar surface area (TPSA) is 47.6 Å². The molecule has 0 aliphatic carbocycles. The first-order valence-electron chi connectivity index (χ1n) is 6.93. The molecule has 4 heteroatoms. The fourth-order valence-corrected chi connectivity index (χ4v) is 2.02. The smallest absolute Gasteiger partial charge is 0.195 e. The standard InChI is InChI=1S/C18H19NO3/c1-4-14(9-8-13(2)12-20)18-19-11-17(22-18)15-6-5-7-16(10-15)21-3/h4-12,18-19H,2H2,1,3H3/b9-8-,14-4+. The van der Waals surface area contributed by atoms with Gasteiger partial charge in [0.1, 0.15) is 17.8 Å². The predicted octanol–water partition coefficient (Wildman–Crippen LogP) is 3.20. The molecule has 1 atom stereocenters. The van der Waals surface area contributed by atoms with Gasteiger partial charge in [-0.1, -0.05) is 36.9 Å². The Bertz CT molecular complexity index is 656. The molecular formula is C18H19NO3. The summed E-state index contributed by atoms with van der Waals surface area (Å²) >= 11 is 0.